The topological polar surface area (TPSA) is 58.2 Å². The van der Waals surface area contributed by atoms with Crippen LogP contribution in [0.5, 0.6) is 0 Å². The summed E-state index contributed by atoms with van der Waals surface area (Å²) in [5.74, 6) is 0.895. The van der Waals surface area contributed by atoms with Crippen LogP contribution in [-0.4, -0.2) is 24.4 Å². The number of hydrogen-bond donors (Lipinski definition) is 2. The fourth-order valence-corrected chi connectivity index (χ4v) is 3.58. The van der Waals surface area contributed by atoms with Gasteiger partial charge in [-0.1, -0.05) is 57.5 Å². The van der Waals surface area contributed by atoms with E-state index in [9.17, 15) is 9.59 Å². The lowest BCUT2D eigenvalue weighted by Crippen LogP contribution is -2.52. The van der Waals surface area contributed by atoms with Gasteiger partial charge >= 0.3 is 0 Å². The smallest absolute Gasteiger partial charge is 0.242 e. The van der Waals surface area contributed by atoms with Crippen LogP contribution in [0.25, 0.3) is 0 Å². The summed E-state index contributed by atoms with van der Waals surface area (Å²) in [7, 11) is 0. The summed E-state index contributed by atoms with van der Waals surface area (Å²) in [6.07, 6.45) is 5.75. The molecule has 0 unspecified atom stereocenters. The lowest BCUT2D eigenvalue weighted by molar-refractivity contribution is -0.133. The first kappa shape index (κ1) is 20.5. The minimum absolute atomic E-state index is 0.0559. The Labute approximate surface area is 158 Å². The molecule has 0 radical (unpaired) electrons. The quantitative estimate of drug-likeness (QED) is 0.744. The number of rotatable bonds is 8. The van der Waals surface area contributed by atoms with Crippen LogP contribution >= 0.6 is 0 Å². The maximum absolute atomic E-state index is 12.7. The van der Waals surface area contributed by atoms with Crippen LogP contribution in [0.3, 0.4) is 0 Å². The fraction of sp³-hybridized carbons (Fsp3) is 0.636. The molecule has 0 aliphatic heterocycles. The van der Waals surface area contributed by atoms with Gasteiger partial charge in [-0.3, -0.25) is 9.59 Å². The summed E-state index contributed by atoms with van der Waals surface area (Å²) >= 11 is 0. The van der Waals surface area contributed by atoms with Gasteiger partial charge < -0.3 is 10.6 Å². The van der Waals surface area contributed by atoms with Crippen LogP contribution < -0.4 is 10.6 Å². The predicted molar refractivity (Wildman–Crippen MR) is 106 cm³/mol. The van der Waals surface area contributed by atoms with E-state index in [4.69, 9.17) is 0 Å². The molecule has 4 nitrogen and oxygen atoms in total. The Bertz CT molecular complexity index is 565. The van der Waals surface area contributed by atoms with Crippen LogP contribution in [0.1, 0.15) is 58.4 Å². The Balaban J connectivity index is 1.86. The molecular weight excluding hydrogens is 324 g/mol. The van der Waals surface area contributed by atoms with Gasteiger partial charge in [-0.2, -0.15) is 0 Å². The van der Waals surface area contributed by atoms with Gasteiger partial charge in [0.25, 0.3) is 0 Å². The number of hydrogen-bond acceptors (Lipinski definition) is 2. The van der Waals surface area contributed by atoms with Gasteiger partial charge in [0.2, 0.25) is 11.8 Å². The molecule has 1 saturated carbocycles. The molecule has 2 amide bonds. The Hall–Kier alpha value is -1.84. The largest absolute Gasteiger partial charge is 0.354 e. The average Bonchev–Trinajstić information content (AvgIpc) is 2.66. The van der Waals surface area contributed by atoms with Gasteiger partial charge in [0.1, 0.15) is 6.04 Å². The zero-order valence-corrected chi connectivity index (χ0v) is 16.5. The van der Waals surface area contributed by atoms with E-state index in [1.54, 1.807) is 0 Å². The van der Waals surface area contributed by atoms with Gasteiger partial charge in [-0.05, 0) is 49.5 Å². The highest BCUT2D eigenvalue weighted by Crippen LogP contribution is 2.28. The van der Waals surface area contributed by atoms with E-state index >= 15 is 0 Å². The van der Waals surface area contributed by atoms with Crippen molar-refractivity contribution in [3.63, 3.8) is 0 Å². The third-order valence-electron chi connectivity index (χ3n) is 5.74. The molecule has 2 atom stereocenters. The van der Waals surface area contributed by atoms with Gasteiger partial charge in [-0.15, -0.1) is 0 Å². The highest BCUT2D eigenvalue weighted by Gasteiger charge is 2.30. The number of carbonyl (C=O) groups is 2. The Morgan fingerprint density at radius 2 is 1.77 bits per heavy atom. The summed E-state index contributed by atoms with van der Waals surface area (Å²) in [6.45, 7) is 6.93. The summed E-state index contributed by atoms with van der Waals surface area (Å²) < 4.78 is 0. The van der Waals surface area contributed by atoms with Gasteiger partial charge in [0.05, 0.1) is 0 Å². The maximum Gasteiger partial charge on any atom is 0.242 e. The molecule has 2 rings (SSSR count). The molecular formula is C22H34N2O2. The molecule has 144 valence electrons. The summed E-state index contributed by atoms with van der Waals surface area (Å²) in [6, 6.07) is 9.67. The maximum atomic E-state index is 12.7. The Morgan fingerprint density at radius 1 is 1.12 bits per heavy atom. The van der Waals surface area contributed by atoms with E-state index in [-0.39, 0.29) is 23.7 Å². The average molecular weight is 359 g/mol. The molecule has 1 aliphatic carbocycles. The molecule has 0 bridgehead atoms. The second-order valence-electron chi connectivity index (χ2n) is 7.86. The highest BCUT2D eigenvalue weighted by atomic mass is 16.2. The van der Waals surface area contributed by atoms with Crippen molar-refractivity contribution < 1.29 is 9.59 Å². The first-order chi connectivity index (χ1) is 12.5. The highest BCUT2D eigenvalue weighted by molar-refractivity contribution is 5.88. The molecule has 1 aliphatic rings. The van der Waals surface area contributed by atoms with E-state index in [1.807, 2.05) is 25.1 Å². The van der Waals surface area contributed by atoms with Crippen LogP contribution in [-0.2, 0) is 16.0 Å². The molecule has 2 N–H and O–H groups in total. The van der Waals surface area contributed by atoms with Crippen molar-refractivity contribution in [2.24, 2.45) is 17.8 Å². The van der Waals surface area contributed by atoms with Gasteiger partial charge in [-0.25, -0.2) is 0 Å². The lowest BCUT2D eigenvalue weighted by Gasteiger charge is -2.29. The molecule has 0 aromatic heterocycles. The molecule has 1 aromatic rings. The van der Waals surface area contributed by atoms with Gasteiger partial charge in [0, 0.05) is 12.5 Å². The first-order valence-electron chi connectivity index (χ1n) is 10.1. The minimum atomic E-state index is -0.442. The Morgan fingerprint density at radius 3 is 2.38 bits per heavy atom. The molecule has 26 heavy (non-hydrogen) atoms. The third-order valence-corrected chi connectivity index (χ3v) is 5.74. The second-order valence-corrected chi connectivity index (χ2v) is 7.86. The van der Waals surface area contributed by atoms with Crippen LogP contribution in [0.4, 0.5) is 0 Å². The fourth-order valence-electron chi connectivity index (χ4n) is 3.58. The molecule has 4 heteroatoms. The van der Waals surface area contributed by atoms with Crippen molar-refractivity contribution in [2.75, 3.05) is 6.54 Å². The van der Waals surface area contributed by atoms with E-state index in [0.717, 1.165) is 38.5 Å². The first-order valence-corrected chi connectivity index (χ1v) is 10.1. The van der Waals surface area contributed by atoms with Crippen molar-refractivity contribution in [3.05, 3.63) is 35.9 Å². The van der Waals surface area contributed by atoms with Crippen molar-refractivity contribution in [1.29, 1.82) is 0 Å². The molecule has 1 aromatic carbocycles. The molecule has 0 spiro atoms. The van der Waals surface area contributed by atoms with Gasteiger partial charge in [0.15, 0.2) is 0 Å². The zero-order valence-electron chi connectivity index (χ0n) is 16.5. The number of benzene rings is 1. The van der Waals surface area contributed by atoms with E-state index in [0.29, 0.717) is 12.5 Å². The van der Waals surface area contributed by atoms with Crippen LogP contribution in [0, 0.1) is 17.8 Å². The summed E-state index contributed by atoms with van der Waals surface area (Å²) in [5, 5.41) is 6.06. The number of amides is 2. The SMILES string of the molecule is CC[C@H](C)[C@@H](NC(=O)C1CCC(C)CC1)C(=O)NCCc1ccccc1. The van der Waals surface area contributed by atoms with Crippen molar-refractivity contribution in [3.8, 4) is 0 Å². The summed E-state index contributed by atoms with van der Waals surface area (Å²) in [4.78, 5) is 25.3. The minimum Gasteiger partial charge on any atom is -0.354 e. The Kier molecular flexibility index (Phi) is 8.14. The van der Waals surface area contributed by atoms with E-state index in [1.165, 1.54) is 5.56 Å². The monoisotopic (exact) mass is 358 g/mol. The second kappa shape index (κ2) is 10.3. The van der Waals surface area contributed by atoms with Crippen LogP contribution in [0.15, 0.2) is 30.3 Å². The predicted octanol–water partition coefficient (Wildman–Crippen LogP) is 3.70. The summed E-state index contributed by atoms with van der Waals surface area (Å²) in [5.41, 5.74) is 1.20. The number of carbonyl (C=O) groups excluding carboxylic acids is 2. The molecule has 1 fully saturated rings. The molecule has 0 heterocycles. The van der Waals surface area contributed by atoms with E-state index in [2.05, 4.69) is 36.6 Å². The normalized spacial score (nSPS) is 22.3. The third kappa shape index (κ3) is 6.15. The zero-order chi connectivity index (χ0) is 18.9. The van der Waals surface area contributed by atoms with Crippen molar-refractivity contribution in [1.82, 2.24) is 10.6 Å². The number of nitrogens with one attached hydrogen (secondary N) is 2. The van der Waals surface area contributed by atoms with E-state index < -0.39 is 6.04 Å². The van der Waals surface area contributed by atoms with Crippen molar-refractivity contribution >= 4 is 11.8 Å². The lowest BCUT2D eigenvalue weighted by atomic mass is 9.82. The standard InChI is InChI=1S/C22H34N2O2/c1-4-17(3)20(24-21(25)19-12-10-16(2)11-13-19)22(26)23-15-14-18-8-6-5-7-9-18/h5-9,16-17,19-20H,4,10-15H2,1-3H3,(H,23,26)(H,24,25)/t16?,17-,19?,20+/m0/s1. The van der Waals surface area contributed by atoms with Crippen LogP contribution in [0.2, 0.25) is 0 Å². The molecule has 0 saturated heterocycles. The van der Waals surface area contributed by atoms with Crippen molar-refractivity contribution in [2.45, 2.75) is 65.3 Å².